The molecule has 0 unspecified atom stereocenters. The molecule has 1 aromatic carbocycles. The predicted molar refractivity (Wildman–Crippen MR) is 114 cm³/mol. The van der Waals surface area contributed by atoms with Gasteiger partial charge < -0.3 is 9.64 Å². The van der Waals surface area contributed by atoms with Crippen LogP contribution in [-0.4, -0.2) is 44.7 Å². The van der Waals surface area contributed by atoms with Gasteiger partial charge in [0.1, 0.15) is 0 Å². The third-order valence-electron chi connectivity index (χ3n) is 5.52. The number of benzene rings is 1. The lowest BCUT2D eigenvalue weighted by Crippen LogP contribution is -2.41. The lowest BCUT2D eigenvalue weighted by Gasteiger charge is -2.33. The molecule has 1 aliphatic heterocycles. The van der Waals surface area contributed by atoms with Crippen LogP contribution in [0.1, 0.15) is 65.4 Å². The number of nitrogens with zero attached hydrogens (tertiary/aromatic N) is 1. The summed E-state index contributed by atoms with van der Waals surface area (Å²) in [7, 11) is -3.06. The van der Waals surface area contributed by atoms with Crippen molar-refractivity contribution < 1.29 is 21.9 Å². The van der Waals surface area contributed by atoms with Crippen LogP contribution < -0.4 is 4.90 Å². The molecule has 1 aromatic rings. The van der Waals surface area contributed by atoms with Crippen molar-refractivity contribution in [3.63, 3.8) is 0 Å². The van der Waals surface area contributed by atoms with Gasteiger partial charge in [0.15, 0.2) is 21.5 Å². The topological polar surface area (TPSA) is 46.6 Å². The van der Waals surface area contributed by atoms with Crippen LogP contribution >= 0.6 is 0 Å². The summed E-state index contributed by atoms with van der Waals surface area (Å²) in [5.74, 6) is -1.32. The molecule has 0 radical (unpaired) electrons. The van der Waals surface area contributed by atoms with E-state index < -0.39 is 26.2 Å². The molecule has 0 bridgehead atoms. The Morgan fingerprint density at radius 2 is 1.72 bits per heavy atom. The normalized spacial score (nSPS) is 18.3. The number of unbranched alkanes of at least 4 members (excludes halogenated alkanes) is 4. The van der Waals surface area contributed by atoms with E-state index in [2.05, 4.69) is 0 Å². The van der Waals surface area contributed by atoms with Gasteiger partial charge in [0.2, 0.25) is 0 Å². The Kier molecular flexibility index (Phi) is 8.47. The maximum atomic E-state index is 14.5. The summed E-state index contributed by atoms with van der Waals surface area (Å²) in [6.07, 6.45) is 4.51. The van der Waals surface area contributed by atoms with Crippen molar-refractivity contribution in [1.29, 1.82) is 0 Å². The van der Waals surface area contributed by atoms with Gasteiger partial charge in [-0.1, -0.05) is 25.3 Å². The third-order valence-corrected chi connectivity index (χ3v) is 8.21. The molecule has 29 heavy (non-hydrogen) atoms. The molecular formula is C22H35F2NO3S. The Balaban J connectivity index is 1.76. The highest BCUT2D eigenvalue weighted by Crippen LogP contribution is 2.27. The zero-order valence-corrected chi connectivity index (χ0v) is 19.0. The molecule has 0 saturated carbocycles. The second-order valence-corrected chi connectivity index (χ2v) is 11.8. The first-order valence-corrected chi connectivity index (χ1v) is 12.2. The van der Waals surface area contributed by atoms with Crippen molar-refractivity contribution in [2.45, 2.75) is 77.1 Å². The van der Waals surface area contributed by atoms with Crippen molar-refractivity contribution in [1.82, 2.24) is 0 Å². The van der Waals surface area contributed by atoms with E-state index in [0.29, 0.717) is 43.8 Å². The van der Waals surface area contributed by atoms with E-state index in [1.807, 2.05) is 11.8 Å². The van der Waals surface area contributed by atoms with E-state index in [9.17, 15) is 17.2 Å². The number of morpholine rings is 1. The van der Waals surface area contributed by atoms with Crippen molar-refractivity contribution in [2.24, 2.45) is 0 Å². The second-order valence-electron chi connectivity index (χ2n) is 8.95. The van der Waals surface area contributed by atoms with Gasteiger partial charge in [-0.25, -0.2) is 17.2 Å². The monoisotopic (exact) mass is 431 g/mol. The first kappa shape index (κ1) is 24.1. The highest BCUT2D eigenvalue weighted by atomic mass is 32.2. The second kappa shape index (κ2) is 10.2. The fourth-order valence-electron chi connectivity index (χ4n) is 3.50. The first-order valence-electron chi connectivity index (χ1n) is 10.6. The van der Waals surface area contributed by atoms with Crippen LogP contribution in [0.5, 0.6) is 0 Å². The molecule has 7 heteroatoms. The molecule has 1 heterocycles. The van der Waals surface area contributed by atoms with Gasteiger partial charge in [0, 0.05) is 13.1 Å². The Morgan fingerprint density at radius 3 is 2.38 bits per heavy atom. The Labute approximate surface area is 174 Å². The van der Waals surface area contributed by atoms with Crippen LogP contribution in [0.2, 0.25) is 0 Å². The summed E-state index contributed by atoms with van der Waals surface area (Å²) in [5.41, 5.74) is 0.712. The average Bonchev–Trinajstić information content (AvgIpc) is 2.63. The molecule has 1 atom stereocenters. The minimum atomic E-state index is -3.06. The SMILES string of the molecule is C[C@@H]1CN(c2ccc(CCCCCCCS(=O)(=O)C(C)(C)C)c(F)c2F)CCO1. The standard InChI is InChI=1S/C22H35F2NO3S/c1-17-16-25(13-14-28-17)19-12-11-18(20(23)21(19)24)10-8-6-5-7-9-15-29(26,27)22(2,3)4/h11-12,17H,5-10,13-16H2,1-4H3/t17-/m1/s1. The van der Waals surface area contributed by atoms with Crippen LogP contribution in [0.3, 0.4) is 0 Å². The summed E-state index contributed by atoms with van der Waals surface area (Å²) < 4.78 is 57.9. The van der Waals surface area contributed by atoms with Gasteiger partial charge in [0.05, 0.1) is 28.9 Å². The fraction of sp³-hybridized carbons (Fsp3) is 0.727. The van der Waals surface area contributed by atoms with Crippen molar-refractivity contribution in [3.05, 3.63) is 29.3 Å². The number of anilines is 1. The molecule has 2 rings (SSSR count). The van der Waals surface area contributed by atoms with Gasteiger partial charge in [-0.05, 0) is 58.6 Å². The number of hydrogen-bond acceptors (Lipinski definition) is 4. The zero-order valence-electron chi connectivity index (χ0n) is 18.1. The Hall–Kier alpha value is -1.21. The zero-order chi connectivity index (χ0) is 21.7. The van der Waals surface area contributed by atoms with Gasteiger partial charge in [-0.15, -0.1) is 0 Å². The molecule has 1 aliphatic rings. The van der Waals surface area contributed by atoms with E-state index in [1.165, 1.54) is 0 Å². The smallest absolute Gasteiger partial charge is 0.182 e. The minimum Gasteiger partial charge on any atom is -0.375 e. The summed E-state index contributed by atoms with van der Waals surface area (Å²) in [6.45, 7) is 8.72. The summed E-state index contributed by atoms with van der Waals surface area (Å²) in [5, 5.41) is 0. The van der Waals surface area contributed by atoms with Crippen LogP contribution in [-0.2, 0) is 21.0 Å². The number of rotatable bonds is 9. The number of aryl methyl sites for hydroxylation is 1. The van der Waals surface area contributed by atoms with E-state index in [1.54, 1.807) is 32.9 Å². The van der Waals surface area contributed by atoms with Gasteiger partial charge in [-0.2, -0.15) is 0 Å². The number of sulfone groups is 1. The van der Waals surface area contributed by atoms with Crippen LogP contribution in [0.25, 0.3) is 0 Å². The molecular weight excluding hydrogens is 396 g/mol. The molecule has 0 amide bonds. The van der Waals surface area contributed by atoms with Crippen molar-refractivity contribution in [2.75, 3.05) is 30.3 Å². The van der Waals surface area contributed by atoms with Crippen molar-refractivity contribution >= 4 is 15.5 Å². The first-order chi connectivity index (χ1) is 13.5. The van der Waals surface area contributed by atoms with E-state index in [0.717, 1.165) is 25.7 Å². The lowest BCUT2D eigenvalue weighted by molar-refractivity contribution is 0.0529. The Bertz CT molecular complexity index is 775. The van der Waals surface area contributed by atoms with Gasteiger partial charge in [0.25, 0.3) is 0 Å². The summed E-state index contributed by atoms with van der Waals surface area (Å²) in [6, 6.07) is 3.35. The molecule has 1 saturated heterocycles. The highest BCUT2D eigenvalue weighted by Gasteiger charge is 2.28. The van der Waals surface area contributed by atoms with E-state index >= 15 is 0 Å². The summed E-state index contributed by atoms with van der Waals surface area (Å²) in [4.78, 5) is 1.84. The summed E-state index contributed by atoms with van der Waals surface area (Å²) >= 11 is 0. The maximum absolute atomic E-state index is 14.5. The third kappa shape index (κ3) is 6.64. The largest absolute Gasteiger partial charge is 0.375 e. The quantitative estimate of drug-likeness (QED) is 0.522. The van der Waals surface area contributed by atoms with E-state index in [4.69, 9.17) is 4.74 Å². The molecule has 0 N–H and O–H groups in total. The van der Waals surface area contributed by atoms with Gasteiger partial charge >= 0.3 is 0 Å². The molecule has 166 valence electrons. The molecule has 0 aromatic heterocycles. The molecule has 4 nitrogen and oxygen atoms in total. The lowest BCUT2D eigenvalue weighted by atomic mass is 10.0. The number of halogens is 2. The average molecular weight is 432 g/mol. The fourth-order valence-corrected chi connectivity index (χ4v) is 4.69. The predicted octanol–water partition coefficient (Wildman–Crippen LogP) is 4.90. The van der Waals surface area contributed by atoms with Crippen LogP contribution in [0.15, 0.2) is 12.1 Å². The molecule has 0 spiro atoms. The maximum Gasteiger partial charge on any atom is 0.182 e. The van der Waals surface area contributed by atoms with Crippen LogP contribution in [0, 0.1) is 11.6 Å². The van der Waals surface area contributed by atoms with Crippen molar-refractivity contribution in [3.8, 4) is 0 Å². The minimum absolute atomic E-state index is 0.00396. The van der Waals surface area contributed by atoms with Gasteiger partial charge in [-0.3, -0.25) is 0 Å². The van der Waals surface area contributed by atoms with E-state index in [-0.39, 0.29) is 11.9 Å². The molecule has 1 fully saturated rings. The Morgan fingerprint density at radius 1 is 1.07 bits per heavy atom. The number of ether oxygens (including phenoxy) is 1. The van der Waals surface area contributed by atoms with Crippen LogP contribution in [0.4, 0.5) is 14.5 Å². The number of hydrogen-bond donors (Lipinski definition) is 0. The molecule has 0 aliphatic carbocycles. The highest BCUT2D eigenvalue weighted by molar-refractivity contribution is 7.92.